The minimum Gasteiger partial charge on any atom is -0.450 e. The standard InChI is InChI=1S/C22H32N2O5.2C2H6/c1-6-20(27)18(12-14(2)3)24-22(28)21(29-16(5)26)19(23-15(4)25)13-17-10-8-7-9-11-17;2*1-2/h7-11,14,18-19,21H,6,12-13H2,1-5H3,(H,23,25)(H,24,28);2*1-2H3/t18-,19+,21-;;/m0../s1. The highest BCUT2D eigenvalue weighted by Crippen LogP contribution is 2.13. The number of amides is 2. The Morgan fingerprint density at radius 2 is 1.45 bits per heavy atom. The van der Waals surface area contributed by atoms with Gasteiger partial charge in [-0.3, -0.25) is 19.2 Å². The molecule has 0 heterocycles. The van der Waals surface area contributed by atoms with Gasteiger partial charge in [0, 0.05) is 20.3 Å². The highest BCUT2D eigenvalue weighted by molar-refractivity contribution is 5.91. The van der Waals surface area contributed by atoms with Crippen LogP contribution in [0.5, 0.6) is 0 Å². The molecule has 33 heavy (non-hydrogen) atoms. The maximum atomic E-state index is 13.0. The Hall–Kier alpha value is -2.70. The molecule has 7 heteroatoms. The molecule has 1 aromatic rings. The van der Waals surface area contributed by atoms with E-state index in [1.54, 1.807) is 6.92 Å². The van der Waals surface area contributed by atoms with Crippen molar-refractivity contribution in [3.63, 3.8) is 0 Å². The molecular formula is C26H44N2O5. The number of benzene rings is 1. The highest BCUT2D eigenvalue weighted by Gasteiger charge is 2.34. The summed E-state index contributed by atoms with van der Waals surface area (Å²) in [6, 6.07) is 7.84. The number of carbonyl (C=O) groups is 4. The van der Waals surface area contributed by atoms with Gasteiger partial charge in [0.25, 0.3) is 5.91 Å². The second kappa shape index (κ2) is 18.8. The Morgan fingerprint density at radius 3 is 1.88 bits per heavy atom. The summed E-state index contributed by atoms with van der Waals surface area (Å²) in [5.41, 5.74) is 0.875. The van der Waals surface area contributed by atoms with Crippen molar-refractivity contribution in [2.45, 2.75) is 99.8 Å². The summed E-state index contributed by atoms with van der Waals surface area (Å²) in [6.45, 7) is 16.2. The normalized spacial score (nSPS) is 12.5. The second-order valence-corrected chi connectivity index (χ2v) is 7.54. The fourth-order valence-electron chi connectivity index (χ4n) is 3.10. The fraction of sp³-hybridized carbons (Fsp3) is 0.615. The van der Waals surface area contributed by atoms with Crippen LogP contribution in [-0.4, -0.2) is 41.8 Å². The van der Waals surface area contributed by atoms with Crippen LogP contribution in [0.2, 0.25) is 0 Å². The molecule has 0 unspecified atom stereocenters. The van der Waals surface area contributed by atoms with Crippen LogP contribution in [0.1, 0.15) is 80.7 Å². The number of ether oxygens (including phenoxy) is 1. The van der Waals surface area contributed by atoms with Gasteiger partial charge < -0.3 is 15.4 Å². The first-order valence-corrected chi connectivity index (χ1v) is 11.9. The lowest BCUT2D eigenvalue weighted by molar-refractivity contribution is -0.157. The summed E-state index contributed by atoms with van der Waals surface area (Å²) in [5, 5.41) is 5.44. The minimum absolute atomic E-state index is 0.0900. The van der Waals surface area contributed by atoms with Gasteiger partial charge in [0.05, 0.1) is 12.1 Å². The summed E-state index contributed by atoms with van der Waals surface area (Å²) in [6.07, 6.45) is -0.192. The second-order valence-electron chi connectivity index (χ2n) is 7.54. The fourth-order valence-corrected chi connectivity index (χ4v) is 3.10. The van der Waals surface area contributed by atoms with Crippen LogP contribution in [-0.2, 0) is 30.3 Å². The Kier molecular flexibility index (Phi) is 18.5. The predicted octanol–water partition coefficient (Wildman–Crippen LogP) is 4.23. The van der Waals surface area contributed by atoms with E-state index in [0.717, 1.165) is 5.56 Å². The first-order chi connectivity index (χ1) is 15.6. The molecule has 0 saturated carbocycles. The quantitative estimate of drug-likeness (QED) is 0.477. The third-order valence-corrected chi connectivity index (χ3v) is 4.36. The molecule has 0 fully saturated rings. The van der Waals surface area contributed by atoms with Gasteiger partial charge in [-0.1, -0.05) is 78.8 Å². The lowest BCUT2D eigenvalue weighted by atomic mass is 9.97. The van der Waals surface area contributed by atoms with Gasteiger partial charge in [-0.2, -0.15) is 0 Å². The van der Waals surface area contributed by atoms with Gasteiger partial charge in [0.15, 0.2) is 11.9 Å². The van der Waals surface area contributed by atoms with Crippen LogP contribution in [0, 0.1) is 5.92 Å². The molecule has 0 aliphatic heterocycles. The van der Waals surface area contributed by atoms with Crippen LogP contribution in [0.3, 0.4) is 0 Å². The summed E-state index contributed by atoms with van der Waals surface area (Å²) < 4.78 is 5.29. The topological polar surface area (TPSA) is 102 Å². The Bertz CT molecular complexity index is 704. The monoisotopic (exact) mass is 464 g/mol. The van der Waals surface area contributed by atoms with Crippen molar-refractivity contribution in [2.24, 2.45) is 5.92 Å². The maximum absolute atomic E-state index is 13.0. The molecule has 0 aliphatic rings. The number of nitrogens with one attached hydrogen (secondary N) is 2. The van der Waals surface area contributed by atoms with Gasteiger partial charge >= 0.3 is 5.97 Å². The number of ketones is 1. The Morgan fingerprint density at radius 1 is 0.909 bits per heavy atom. The summed E-state index contributed by atoms with van der Waals surface area (Å²) in [5.74, 6) is -1.48. The zero-order chi connectivity index (χ0) is 26.0. The van der Waals surface area contributed by atoms with Crippen molar-refractivity contribution < 1.29 is 23.9 Å². The maximum Gasteiger partial charge on any atom is 0.303 e. The number of hydrogen-bond acceptors (Lipinski definition) is 5. The van der Waals surface area contributed by atoms with E-state index in [1.165, 1.54) is 13.8 Å². The Labute approximate surface area is 200 Å². The van der Waals surface area contributed by atoms with E-state index >= 15 is 0 Å². The summed E-state index contributed by atoms with van der Waals surface area (Å²) >= 11 is 0. The van der Waals surface area contributed by atoms with E-state index in [2.05, 4.69) is 10.6 Å². The van der Waals surface area contributed by atoms with Crippen molar-refractivity contribution in [1.82, 2.24) is 10.6 Å². The smallest absolute Gasteiger partial charge is 0.303 e. The molecule has 1 aromatic carbocycles. The molecule has 0 aromatic heterocycles. The average molecular weight is 465 g/mol. The molecule has 2 N–H and O–H groups in total. The third kappa shape index (κ3) is 14.1. The molecule has 2 amide bonds. The van der Waals surface area contributed by atoms with E-state index in [0.29, 0.717) is 12.8 Å². The van der Waals surface area contributed by atoms with E-state index in [4.69, 9.17) is 4.74 Å². The summed E-state index contributed by atoms with van der Waals surface area (Å²) in [7, 11) is 0. The van der Waals surface area contributed by atoms with Crippen molar-refractivity contribution in [3.8, 4) is 0 Å². The molecule has 3 atom stereocenters. The molecule has 188 valence electrons. The van der Waals surface area contributed by atoms with Gasteiger partial charge in [-0.25, -0.2) is 0 Å². The van der Waals surface area contributed by atoms with Crippen LogP contribution >= 0.6 is 0 Å². The predicted molar refractivity (Wildman–Crippen MR) is 133 cm³/mol. The first kappa shape index (κ1) is 32.5. The van der Waals surface area contributed by atoms with E-state index in [1.807, 2.05) is 71.9 Å². The van der Waals surface area contributed by atoms with Gasteiger partial charge in [-0.15, -0.1) is 0 Å². The molecule has 0 radical (unpaired) electrons. The number of esters is 1. The van der Waals surface area contributed by atoms with Gasteiger partial charge in [0.2, 0.25) is 5.91 Å². The minimum atomic E-state index is -1.25. The lowest BCUT2D eigenvalue weighted by Gasteiger charge is -2.28. The van der Waals surface area contributed by atoms with E-state index in [-0.39, 0.29) is 24.0 Å². The molecular weight excluding hydrogens is 420 g/mol. The lowest BCUT2D eigenvalue weighted by Crippen LogP contribution is -2.55. The zero-order valence-corrected chi connectivity index (χ0v) is 21.9. The molecule has 0 aliphatic carbocycles. The van der Waals surface area contributed by atoms with Gasteiger partial charge in [0.1, 0.15) is 0 Å². The number of rotatable bonds is 11. The molecule has 0 saturated heterocycles. The average Bonchev–Trinajstić information content (AvgIpc) is 2.78. The Balaban J connectivity index is 0. The van der Waals surface area contributed by atoms with Crippen LogP contribution in [0.4, 0.5) is 0 Å². The van der Waals surface area contributed by atoms with E-state index in [9.17, 15) is 19.2 Å². The van der Waals surface area contributed by atoms with Crippen LogP contribution < -0.4 is 10.6 Å². The molecule has 7 nitrogen and oxygen atoms in total. The first-order valence-electron chi connectivity index (χ1n) is 11.9. The van der Waals surface area contributed by atoms with E-state index < -0.39 is 30.1 Å². The van der Waals surface area contributed by atoms with Crippen molar-refractivity contribution in [3.05, 3.63) is 35.9 Å². The molecule has 0 bridgehead atoms. The van der Waals surface area contributed by atoms with Crippen molar-refractivity contribution in [1.29, 1.82) is 0 Å². The van der Waals surface area contributed by atoms with Crippen molar-refractivity contribution >= 4 is 23.6 Å². The number of carbonyl (C=O) groups excluding carboxylic acids is 4. The number of hydrogen-bond donors (Lipinski definition) is 2. The zero-order valence-electron chi connectivity index (χ0n) is 21.9. The third-order valence-electron chi connectivity index (χ3n) is 4.36. The van der Waals surface area contributed by atoms with Gasteiger partial charge in [-0.05, 0) is 24.3 Å². The van der Waals surface area contributed by atoms with Crippen LogP contribution in [0.25, 0.3) is 0 Å². The molecule has 0 spiro atoms. The van der Waals surface area contributed by atoms with Crippen LogP contribution in [0.15, 0.2) is 30.3 Å². The molecule has 1 rings (SSSR count). The highest BCUT2D eigenvalue weighted by atomic mass is 16.5. The summed E-state index contributed by atoms with van der Waals surface area (Å²) in [4.78, 5) is 48.7. The largest absolute Gasteiger partial charge is 0.450 e. The number of Topliss-reactive ketones (excluding diaryl/α,β-unsaturated/α-hetero) is 1. The van der Waals surface area contributed by atoms with Crippen molar-refractivity contribution in [2.75, 3.05) is 0 Å². The SMILES string of the molecule is CC.CC.CCC(=O)[C@H](CC(C)C)NC(=O)[C@@H](OC(C)=O)[C@@H](Cc1ccccc1)NC(C)=O.